The van der Waals surface area contributed by atoms with Gasteiger partial charge in [-0.3, -0.25) is 4.79 Å². The predicted octanol–water partition coefficient (Wildman–Crippen LogP) is 6.10. The van der Waals surface area contributed by atoms with Crippen LogP contribution in [0.2, 0.25) is 0 Å². The smallest absolute Gasteiger partial charge is 0.267 e. The third kappa shape index (κ3) is 4.24. The van der Waals surface area contributed by atoms with Gasteiger partial charge in [0.15, 0.2) is 5.60 Å². The van der Waals surface area contributed by atoms with Crippen molar-refractivity contribution in [3.05, 3.63) is 76.8 Å². The number of ether oxygens (including phenoxy) is 1. The molecule has 30 heavy (non-hydrogen) atoms. The molecule has 1 amide bonds. The zero-order valence-electron chi connectivity index (χ0n) is 17.0. The molecule has 3 aromatic carbocycles. The summed E-state index contributed by atoms with van der Waals surface area (Å²) in [6.07, 6.45) is 0. The molecule has 0 aliphatic heterocycles. The molecule has 2 N–H and O–H groups in total. The highest BCUT2D eigenvalue weighted by atomic mass is 79.9. The summed E-state index contributed by atoms with van der Waals surface area (Å²) in [6.45, 7) is 5.47. The number of benzene rings is 3. The lowest BCUT2D eigenvalue weighted by molar-refractivity contribution is -0.128. The van der Waals surface area contributed by atoms with E-state index in [1.54, 1.807) is 13.8 Å². The lowest BCUT2D eigenvalue weighted by Gasteiger charge is -2.26. The number of H-pyrrole nitrogens is 1. The van der Waals surface area contributed by atoms with Gasteiger partial charge in [0.2, 0.25) is 0 Å². The molecule has 0 unspecified atom stereocenters. The largest absolute Gasteiger partial charge is 0.478 e. The lowest BCUT2D eigenvalue weighted by Crippen LogP contribution is -2.42. The van der Waals surface area contributed by atoms with Crippen molar-refractivity contribution in [2.24, 2.45) is 0 Å². The van der Waals surface area contributed by atoms with Crippen molar-refractivity contribution in [3.8, 4) is 17.1 Å². The highest BCUT2D eigenvalue weighted by molar-refractivity contribution is 9.10. The number of imidazole rings is 1. The van der Waals surface area contributed by atoms with Gasteiger partial charge in [0.25, 0.3) is 5.91 Å². The van der Waals surface area contributed by atoms with Crippen molar-refractivity contribution in [2.45, 2.75) is 26.4 Å². The Bertz CT molecular complexity index is 1180. The summed E-state index contributed by atoms with van der Waals surface area (Å²) in [5.74, 6) is 1.22. The molecule has 0 saturated carbocycles. The molecular formula is C24H22BrN3O2. The number of aromatic amines is 1. The van der Waals surface area contributed by atoms with Crippen LogP contribution >= 0.6 is 15.9 Å². The number of aromatic nitrogens is 2. The summed E-state index contributed by atoms with van der Waals surface area (Å²) in [5.41, 5.74) is 3.54. The van der Waals surface area contributed by atoms with Crippen LogP contribution in [-0.2, 0) is 4.79 Å². The van der Waals surface area contributed by atoms with E-state index in [4.69, 9.17) is 4.74 Å². The fraction of sp³-hybridized carbons (Fsp3) is 0.167. The molecule has 0 bridgehead atoms. The maximum Gasteiger partial charge on any atom is 0.267 e. The lowest BCUT2D eigenvalue weighted by atomic mass is 10.1. The van der Waals surface area contributed by atoms with Gasteiger partial charge >= 0.3 is 0 Å². The van der Waals surface area contributed by atoms with Gasteiger partial charge in [0, 0.05) is 15.7 Å². The Kier molecular flexibility index (Phi) is 5.35. The second-order valence-electron chi connectivity index (χ2n) is 7.65. The molecule has 0 aliphatic carbocycles. The molecule has 5 nitrogen and oxygen atoms in total. The maximum absolute atomic E-state index is 12.9. The molecule has 6 heteroatoms. The molecule has 0 spiro atoms. The van der Waals surface area contributed by atoms with E-state index in [9.17, 15) is 4.79 Å². The minimum Gasteiger partial charge on any atom is -0.478 e. The van der Waals surface area contributed by atoms with E-state index in [0.29, 0.717) is 5.75 Å². The van der Waals surface area contributed by atoms with Crippen LogP contribution in [-0.4, -0.2) is 21.5 Å². The van der Waals surface area contributed by atoms with Crippen LogP contribution in [0.25, 0.3) is 22.4 Å². The summed E-state index contributed by atoms with van der Waals surface area (Å²) in [5, 5.41) is 2.98. The van der Waals surface area contributed by atoms with Crippen LogP contribution in [0.15, 0.2) is 71.2 Å². The van der Waals surface area contributed by atoms with Gasteiger partial charge in [-0.2, -0.15) is 0 Å². The number of rotatable bonds is 5. The Morgan fingerprint density at radius 3 is 2.50 bits per heavy atom. The molecule has 0 aliphatic rings. The number of hydrogen-bond acceptors (Lipinski definition) is 3. The number of amides is 1. The highest BCUT2D eigenvalue weighted by Gasteiger charge is 2.30. The van der Waals surface area contributed by atoms with E-state index in [-0.39, 0.29) is 5.91 Å². The van der Waals surface area contributed by atoms with Crippen LogP contribution < -0.4 is 10.1 Å². The van der Waals surface area contributed by atoms with Gasteiger partial charge in [0.05, 0.1) is 11.0 Å². The first-order valence-electron chi connectivity index (χ1n) is 9.64. The van der Waals surface area contributed by atoms with Crippen molar-refractivity contribution >= 4 is 38.6 Å². The second-order valence-corrected chi connectivity index (χ2v) is 8.57. The Labute approximate surface area is 183 Å². The van der Waals surface area contributed by atoms with E-state index in [1.165, 1.54) is 0 Å². The SMILES string of the molecule is Cc1cc(-c2nc3ccccc3[nH]2)ccc1NC(=O)C(C)(C)Oc1ccc(Br)cc1. The van der Waals surface area contributed by atoms with E-state index >= 15 is 0 Å². The fourth-order valence-corrected chi connectivity index (χ4v) is 3.42. The number of carbonyl (C=O) groups excluding carboxylic acids is 1. The third-order valence-electron chi connectivity index (χ3n) is 4.87. The maximum atomic E-state index is 12.9. The Balaban J connectivity index is 1.51. The molecule has 0 saturated heterocycles. The summed E-state index contributed by atoms with van der Waals surface area (Å²) in [4.78, 5) is 20.8. The van der Waals surface area contributed by atoms with Crippen LogP contribution in [0.1, 0.15) is 19.4 Å². The average Bonchev–Trinajstić information content (AvgIpc) is 3.15. The minimum atomic E-state index is -1.03. The summed E-state index contributed by atoms with van der Waals surface area (Å²) in [7, 11) is 0. The molecule has 4 rings (SSSR count). The van der Waals surface area contributed by atoms with Crippen LogP contribution in [0, 0.1) is 6.92 Å². The Hall–Kier alpha value is -3.12. The monoisotopic (exact) mass is 463 g/mol. The van der Waals surface area contributed by atoms with E-state index in [1.807, 2.05) is 73.7 Å². The molecule has 0 radical (unpaired) electrons. The predicted molar refractivity (Wildman–Crippen MR) is 124 cm³/mol. The summed E-state index contributed by atoms with van der Waals surface area (Å²) >= 11 is 3.40. The number of anilines is 1. The number of hydrogen-bond donors (Lipinski definition) is 2. The number of nitrogens with zero attached hydrogens (tertiary/aromatic N) is 1. The van der Waals surface area contributed by atoms with Gasteiger partial charge in [-0.25, -0.2) is 4.98 Å². The van der Waals surface area contributed by atoms with Gasteiger partial charge in [-0.05, 0) is 80.9 Å². The molecule has 152 valence electrons. The Morgan fingerprint density at radius 2 is 1.80 bits per heavy atom. The molecule has 1 aromatic heterocycles. The first-order valence-corrected chi connectivity index (χ1v) is 10.4. The van der Waals surface area contributed by atoms with Gasteiger partial charge in [0.1, 0.15) is 11.6 Å². The normalized spacial score (nSPS) is 11.5. The quantitative estimate of drug-likeness (QED) is 0.375. The van der Waals surface area contributed by atoms with Crippen LogP contribution in [0.4, 0.5) is 5.69 Å². The zero-order valence-corrected chi connectivity index (χ0v) is 18.6. The van der Waals surface area contributed by atoms with Crippen molar-refractivity contribution in [2.75, 3.05) is 5.32 Å². The fourth-order valence-electron chi connectivity index (χ4n) is 3.16. The van der Waals surface area contributed by atoms with E-state index < -0.39 is 5.60 Å². The van der Waals surface area contributed by atoms with Crippen LogP contribution in [0.5, 0.6) is 5.75 Å². The number of fused-ring (bicyclic) bond motifs is 1. The standard InChI is InChI=1S/C24H22BrN3O2/c1-15-14-16(22-26-20-6-4-5-7-21(20)27-22)8-13-19(15)28-23(29)24(2,3)30-18-11-9-17(25)10-12-18/h4-14H,1-3H3,(H,26,27)(H,28,29). The summed E-state index contributed by atoms with van der Waals surface area (Å²) in [6, 6.07) is 21.2. The molecule has 0 fully saturated rings. The van der Waals surface area contributed by atoms with Gasteiger partial charge in [-0.15, -0.1) is 0 Å². The van der Waals surface area contributed by atoms with E-state index in [2.05, 4.69) is 31.2 Å². The zero-order chi connectivity index (χ0) is 21.3. The molecule has 0 atom stereocenters. The first-order chi connectivity index (χ1) is 14.3. The second kappa shape index (κ2) is 7.95. The average molecular weight is 464 g/mol. The van der Waals surface area contributed by atoms with Crippen molar-refractivity contribution in [1.29, 1.82) is 0 Å². The number of carbonyl (C=O) groups is 1. The third-order valence-corrected chi connectivity index (χ3v) is 5.40. The first kappa shape index (κ1) is 20.2. The minimum absolute atomic E-state index is 0.218. The van der Waals surface area contributed by atoms with Gasteiger partial charge < -0.3 is 15.0 Å². The highest BCUT2D eigenvalue weighted by Crippen LogP contribution is 2.27. The van der Waals surface area contributed by atoms with Crippen LogP contribution in [0.3, 0.4) is 0 Å². The topological polar surface area (TPSA) is 67.0 Å². The molecule has 1 heterocycles. The number of aryl methyl sites for hydroxylation is 1. The number of para-hydroxylation sites is 2. The molecule has 4 aromatic rings. The number of halogens is 1. The van der Waals surface area contributed by atoms with Crippen molar-refractivity contribution < 1.29 is 9.53 Å². The number of nitrogens with one attached hydrogen (secondary N) is 2. The van der Waals surface area contributed by atoms with Gasteiger partial charge in [-0.1, -0.05) is 28.1 Å². The van der Waals surface area contributed by atoms with E-state index in [0.717, 1.165) is 38.1 Å². The summed E-state index contributed by atoms with van der Waals surface area (Å²) < 4.78 is 6.87. The van der Waals surface area contributed by atoms with Crippen molar-refractivity contribution in [1.82, 2.24) is 9.97 Å². The Morgan fingerprint density at radius 1 is 1.07 bits per heavy atom. The molecular weight excluding hydrogens is 442 g/mol. The van der Waals surface area contributed by atoms with Crippen molar-refractivity contribution in [3.63, 3.8) is 0 Å².